The fraction of sp³-hybridized carbons (Fsp3) is 0.143. The first-order valence-corrected chi connectivity index (χ1v) is 6.80. The average Bonchev–Trinajstić information content (AvgIpc) is 2.37. The molecule has 0 heterocycles. The quantitative estimate of drug-likeness (QED) is 0.793. The molecule has 2 nitrogen and oxygen atoms in total. The lowest BCUT2D eigenvalue weighted by molar-refractivity contribution is -0.274. The van der Waals surface area contributed by atoms with Crippen molar-refractivity contribution in [1.82, 2.24) is 0 Å². The molecule has 2 aromatic carbocycles. The second-order valence-electron chi connectivity index (χ2n) is 4.15. The minimum Gasteiger partial charge on any atom is -0.406 e. The van der Waals surface area contributed by atoms with Crippen LogP contribution in [-0.2, 0) is 0 Å². The van der Waals surface area contributed by atoms with E-state index in [0.29, 0.717) is 0 Å². The Morgan fingerprint density at radius 1 is 1.00 bits per heavy atom. The number of benzene rings is 2. The SMILES string of the molecule is N[C@H](c1ccc(OC(F)(F)F)cc1)c1cccc(I)c1. The number of alkyl halides is 3. The van der Waals surface area contributed by atoms with Gasteiger partial charge in [-0.25, -0.2) is 0 Å². The molecule has 6 heteroatoms. The Labute approximate surface area is 127 Å². The highest BCUT2D eigenvalue weighted by atomic mass is 127. The van der Waals surface area contributed by atoms with E-state index in [1.807, 2.05) is 24.3 Å². The fourth-order valence-electron chi connectivity index (χ4n) is 1.77. The number of hydrogen-bond donors (Lipinski definition) is 1. The number of hydrogen-bond acceptors (Lipinski definition) is 2. The summed E-state index contributed by atoms with van der Waals surface area (Å²) < 4.78 is 41.1. The number of ether oxygens (including phenoxy) is 1. The summed E-state index contributed by atoms with van der Waals surface area (Å²) >= 11 is 2.18. The molecule has 0 fully saturated rings. The standard InChI is InChI=1S/C14H11F3INO/c15-14(16,17)20-12-6-4-9(5-7-12)13(19)10-2-1-3-11(18)8-10/h1-8,13H,19H2/t13-/m1/s1. The summed E-state index contributed by atoms with van der Waals surface area (Å²) in [5, 5.41) is 0. The van der Waals surface area contributed by atoms with Gasteiger partial charge in [-0.1, -0.05) is 24.3 Å². The maximum Gasteiger partial charge on any atom is 0.573 e. The fourth-order valence-corrected chi connectivity index (χ4v) is 2.34. The minimum absolute atomic E-state index is 0.254. The van der Waals surface area contributed by atoms with Gasteiger partial charge in [0.1, 0.15) is 5.75 Å². The average molecular weight is 393 g/mol. The Kier molecular flexibility index (Phi) is 4.54. The molecule has 0 saturated heterocycles. The van der Waals surface area contributed by atoms with Crippen LogP contribution in [0.25, 0.3) is 0 Å². The van der Waals surface area contributed by atoms with Crippen molar-refractivity contribution in [2.24, 2.45) is 5.73 Å². The number of rotatable bonds is 3. The summed E-state index contributed by atoms with van der Waals surface area (Å²) in [6, 6.07) is 12.8. The van der Waals surface area contributed by atoms with Crippen LogP contribution >= 0.6 is 22.6 Å². The zero-order valence-corrected chi connectivity index (χ0v) is 12.4. The van der Waals surface area contributed by atoms with E-state index in [9.17, 15) is 13.2 Å². The summed E-state index contributed by atoms with van der Waals surface area (Å²) in [5.41, 5.74) is 7.72. The van der Waals surface area contributed by atoms with E-state index in [2.05, 4.69) is 27.3 Å². The summed E-state index contributed by atoms with van der Waals surface area (Å²) in [4.78, 5) is 0. The third kappa shape index (κ3) is 4.11. The van der Waals surface area contributed by atoms with Crippen molar-refractivity contribution >= 4 is 22.6 Å². The molecule has 2 N–H and O–H groups in total. The first-order valence-electron chi connectivity index (χ1n) is 5.72. The molecule has 0 bridgehead atoms. The van der Waals surface area contributed by atoms with Crippen molar-refractivity contribution in [3.05, 3.63) is 63.2 Å². The molecule has 20 heavy (non-hydrogen) atoms. The maximum absolute atomic E-state index is 12.1. The summed E-state index contributed by atoms with van der Waals surface area (Å²) in [6.07, 6.45) is -4.68. The molecule has 0 spiro atoms. The molecule has 0 amide bonds. The van der Waals surface area contributed by atoms with Gasteiger partial charge in [-0.3, -0.25) is 0 Å². The van der Waals surface area contributed by atoms with Gasteiger partial charge in [-0.05, 0) is 58.0 Å². The molecule has 2 aromatic rings. The van der Waals surface area contributed by atoms with Gasteiger partial charge in [0.05, 0.1) is 6.04 Å². The van der Waals surface area contributed by atoms with E-state index in [1.165, 1.54) is 24.3 Å². The normalized spacial score (nSPS) is 13.1. The molecule has 0 unspecified atom stereocenters. The zero-order chi connectivity index (χ0) is 14.8. The van der Waals surface area contributed by atoms with E-state index in [1.54, 1.807) is 0 Å². The Balaban J connectivity index is 2.17. The second kappa shape index (κ2) is 6.01. The van der Waals surface area contributed by atoms with E-state index in [-0.39, 0.29) is 11.8 Å². The van der Waals surface area contributed by atoms with Crippen LogP contribution in [-0.4, -0.2) is 6.36 Å². The van der Waals surface area contributed by atoms with Gasteiger partial charge < -0.3 is 10.5 Å². The van der Waals surface area contributed by atoms with Crippen LogP contribution in [0.15, 0.2) is 48.5 Å². The van der Waals surface area contributed by atoms with Gasteiger partial charge >= 0.3 is 6.36 Å². The van der Waals surface area contributed by atoms with Gasteiger partial charge in [0.15, 0.2) is 0 Å². The molecule has 106 valence electrons. The van der Waals surface area contributed by atoms with Gasteiger partial charge in [0.2, 0.25) is 0 Å². The maximum atomic E-state index is 12.1. The molecular weight excluding hydrogens is 382 g/mol. The Morgan fingerprint density at radius 3 is 2.20 bits per heavy atom. The first kappa shape index (κ1) is 15.1. The van der Waals surface area contributed by atoms with Gasteiger partial charge in [-0.15, -0.1) is 13.2 Å². The predicted octanol–water partition coefficient (Wildman–Crippen LogP) is 4.24. The Hall–Kier alpha value is -1.28. The van der Waals surface area contributed by atoms with Crippen LogP contribution in [0.5, 0.6) is 5.75 Å². The van der Waals surface area contributed by atoms with Crippen LogP contribution in [0, 0.1) is 3.57 Å². The van der Waals surface area contributed by atoms with E-state index >= 15 is 0 Å². The smallest absolute Gasteiger partial charge is 0.406 e. The van der Waals surface area contributed by atoms with E-state index in [0.717, 1.165) is 14.7 Å². The van der Waals surface area contributed by atoms with Gasteiger partial charge in [0, 0.05) is 3.57 Å². The highest BCUT2D eigenvalue weighted by Crippen LogP contribution is 2.26. The molecule has 0 aliphatic rings. The summed E-state index contributed by atoms with van der Waals surface area (Å²) in [5.74, 6) is -0.254. The van der Waals surface area contributed by atoms with Crippen LogP contribution in [0.1, 0.15) is 17.2 Å². The topological polar surface area (TPSA) is 35.2 Å². The predicted molar refractivity (Wildman–Crippen MR) is 78.3 cm³/mol. The second-order valence-corrected chi connectivity index (χ2v) is 5.40. The third-order valence-electron chi connectivity index (χ3n) is 2.68. The van der Waals surface area contributed by atoms with Crippen LogP contribution in [0.4, 0.5) is 13.2 Å². The molecule has 0 aliphatic carbocycles. The van der Waals surface area contributed by atoms with Crippen LogP contribution in [0.3, 0.4) is 0 Å². The van der Waals surface area contributed by atoms with Gasteiger partial charge in [0.25, 0.3) is 0 Å². The lowest BCUT2D eigenvalue weighted by Crippen LogP contribution is -2.17. The van der Waals surface area contributed by atoms with E-state index < -0.39 is 6.36 Å². The Bertz CT molecular complexity index is 584. The zero-order valence-electron chi connectivity index (χ0n) is 10.2. The van der Waals surface area contributed by atoms with Crippen molar-refractivity contribution in [1.29, 1.82) is 0 Å². The molecule has 0 saturated carbocycles. The van der Waals surface area contributed by atoms with Crippen LogP contribution in [0.2, 0.25) is 0 Å². The largest absolute Gasteiger partial charge is 0.573 e. The molecular formula is C14H11F3INO. The van der Waals surface area contributed by atoms with E-state index in [4.69, 9.17) is 5.73 Å². The van der Waals surface area contributed by atoms with Gasteiger partial charge in [-0.2, -0.15) is 0 Å². The van der Waals surface area contributed by atoms with Crippen molar-refractivity contribution < 1.29 is 17.9 Å². The summed E-state index contributed by atoms with van der Waals surface area (Å²) in [6.45, 7) is 0. The van der Waals surface area contributed by atoms with Crippen molar-refractivity contribution in [2.45, 2.75) is 12.4 Å². The van der Waals surface area contributed by atoms with Crippen molar-refractivity contribution in [2.75, 3.05) is 0 Å². The minimum atomic E-state index is -4.68. The first-order chi connectivity index (χ1) is 9.35. The monoisotopic (exact) mass is 393 g/mol. The molecule has 1 atom stereocenters. The molecule has 0 aromatic heterocycles. The molecule has 0 aliphatic heterocycles. The number of halogens is 4. The lowest BCUT2D eigenvalue weighted by Gasteiger charge is -2.14. The third-order valence-corrected chi connectivity index (χ3v) is 3.35. The Morgan fingerprint density at radius 2 is 1.65 bits per heavy atom. The molecule has 0 radical (unpaired) electrons. The van der Waals surface area contributed by atoms with Crippen molar-refractivity contribution in [3.63, 3.8) is 0 Å². The van der Waals surface area contributed by atoms with Crippen LogP contribution < -0.4 is 10.5 Å². The summed E-state index contributed by atoms with van der Waals surface area (Å²) in [7, 11) is 0. The lowest BCUT2D eigenvalue weighted by atomic mass is 10.00. The molecule has 2 rings (SSSR count). The van der Waals surface area contributed by atoms with Crippen molar-refractivity contribution in [3.8, 4) is 5.75 Å². The highest BCUT2D eigenvalue weighted by Gasteiger charge is 2.31. The number of nitrogens with two attached hydrogens (primary N) is 1. The highest BCUT2D eigenvalue weighted by molar-refractivity contribution is 14.1.